The normalized spacial score (nSPS) is 10.5. The predicted octanol–water partition coefficient (Wildman–Crippen LogP) is 1.66. The van der Waals surface area contributed by atoms with Gasteiger partial charge in [0.15, 0.2) is 0 Å². The average Bonchev–Trinajstić information content (AvgIpc) is 2.89. The first-order valence-corrected chi connectivity index (χ1v) is 6.78. The van der Waals surface area contributed by atoms with E-state index in [1.54, 1.807) is 24.4 Å². The van der Waals surface area contributed by atoms with E-state index in [-0.39, 0.29) is 17.9 Å². The molecule has 0 amide bonds. The molecular formula is C15H14N4O3. The van der Waals surface area contributed by atoms with Gasteiger partial charge in [0, 0.05) is 18.8 Å². The van der Waals surface area contributed by atoms with Gasteiger partial charge in [-0.3, -0.25) is 19.8 Å². The Morgan fingerprint density at radius 3 is 2.95 bits per heavy atom. The van der Waals surface area contributed by atoms with Crippen LogP contribution in [0.1, 0.15) is 6.42 Å². The molecule has 2 aromatic heterocycles. The summed E-state index contributed by atoms with van der Waals surface area (Å²) in [6.45, 7) is 0.430. The van der Waals surface area contributed by atoms with Crippen molar-refractivity contribution in [2.75, 3.05) is 11.9 Å². The largest absolute Gasteiger partial charge is 0.426 e. The first kappa shape index (κ1) is 13.9. The van der Waals surface area contributed by atoms with Gasteiger partial charge in [-0.15, -0.1) is 0 Å². The number of ether oxygens (including phenoxy) is 1. The summed E-state index contributed by atoms with van der Waals surface area (Å²) in [4.78, 5) is 27.3. The SMILES string of the molecule is O=C(CCNc1ccccn1)Oc1ccc2c(=O)[nH][nH]c2c1. The molecule has 2 heterocycles. The lowest BCUT2D eigenvalue weighted by Crippen LogP contribution is -2.14. The van der Waals surface area contributed by atoms with E-state index in [0.29, 0.717) is 29.0 Å². The quantitative estimate of drug-likeness (QED) is 0.491. The van der Waals surface area contributed by atoms with Crippen molar-refractivity contribution < 1.29 is 9.53 Å². The van der Waals surface area contributed by atoms with Gasteiger partial charge in [-0.1, -0.05) is 6.07 Å². The summed E-state index contributed by atoms with van der Waals surface area (Å²) in [5.41, 5.74) is 0.398. The molecule has 3 rings (SSSR count). The number of aromatic nitrogens is 3. The summed E-state index contributed by atoms with van der Waals surface area (Å²) in [6, 6.07) is 10.3. The first-order chi connectivity index (χ1) is 10.7. The molecule has 7 heteroatoms. The molecule has 3 N–H and O–H groups in total. The minimum absolute atomic E-state index is 0.201. The second kappa shape index (κ2) is 6.13. The Hall–Kier alpha value is -3.09. The van der Waals surface area contributed by atoms with Crippen molar-refractivity contribution in [3.8, 4) is 5.75 Å². The minimum atomic E-state index is -0.360. The lowest BCUT2D eigenvalue weighted by molar-refractivity contribution is -0.134. The van der Waals surface area contributed by atoms with Crippen molar-refractivity contribution in [1.82, 2.24) is 15.2 Å². The molecule has 7 nitrogen and oxygen atoms in total. The number of pyridine rings is 1. The van der Waals surface area contributed by atoms with Crippen molar-refractivity contribution >= 4 is 22.7 Å². The average molecular weight is 298 g/mol. The van der Waals surface area contributed by atoms with Crippen molar-refractivity contribution in [3.05, 3.63) is 52.9 Å². The summed E-state index contributed by atoms with van der Waals surface area (Å²) >= 11 is 0. The Morgan fingerprint density at radius 1 is 1.23 bits per heavy atom. The number of hydrogen-bond acceptors (Lipinski definition) is 5. The van der Waals surface area contributed by atoms with E-state index >= 15 is 0 Å². The fraction of sp³-hybridized carbons (Fsp3) is 0.133. The number of nitrogens with one attached hydrogen (secondary N) is 3. The van der Waals surface area contributed by atoms with E-state index in [1.165, 1.54) is 0 Å². The molecule has 3 aromatic rings. The second-order valence-electron chi connectivity index (χ2n) is 4.65. The van der Waals surface area contributed by atoms with E-state index < -0.39 is 0 Å². The molecule has 0 radical (unpaired) electrons. The summed E-state index contributed by atoms with van der Waals surface area (Å²) in [5, 5.41) is 8.74. The van der Waals surface area contributed by atoms with Crippen molar-refractivity contribution in [3.63, 3.8) is 0 Å². The van der Waals surface area contributed by atoms with Gasteiger partial charge in [-0.25, -0.2) is 4.98 Å². The maximum Gasteiger partial charge on any atom is 0.312 e. The highest BCUT2D eigenvalue weighted by atomic mass is 16.5. The number of carbonyl (C=O) groups excluding carboxylic acids is 1. The second-order valence-corrected chi connectivity index (χ2v) is 4.65. The lowest BCUT2D eigenvalue weighted by atomic mass is 10.2. The van der Waals surface area contributed by atoms with Gasteiger partial charge < -0.3 is 10.1 Å². The van der Waals surface area contributed by atoms with Crippen LogP contribution in [0.4, 0.5) is 5.82 Å². The number of anilines is 1. The number of aromatic amines is 2. The van der Waals surface area contributed by atoms with E-state index in [9.17, 15) is 9.59 Å². The first-order valence-electron chi connectivity index (χ1n) is 6.78. The molecule has 1 aromatic carbocycles. The monoisotopic (exact) mass is 298 g/mol. The van der Waals surface area contributed by atoms with Gasteiger partial charge in [0.25, 0.3) is 5.56 Å². The Kier molecular flexibility index (Phi) is 3.86. The van der Waals surface area contributed by atoms with Gasteiger partial charge in [-0.2, -0.15) is 0 Å². The fourth-order valence-corrected chi connectivity index (χ4v) is 2.02. The topological polar surface area (TPSA) is 99.9 Å². The highest BCUT2D eigenvalue weighted by Gasteiger charge is 2.07. The van der Waals surface area contributed by atoms with Crippen molar-refractivity contribution in [2.24, 2.45) is 0 Å². The van der Waals surface area contributed by atoms with Crippen LogP contribution in [-0.2, 0) is 4.79 Å². The molecule has 0 fully saturated rings. The third-order valence-electron chi connectivity index (χ3n) is 3.08. The number of fused-ring (bicyclic) bond motifs is 1. The highest BCUT2D eigenvalue weighted by Crippen LogP contribution is 2.16. The van der Waals surface area contributed by atoms with Gasteiger partial charge >= 0.3 is 5.97 Å². The molecule has 112 valence electrons. The van der Waals surface area contributed by atoms with Gasteiger partial charge in [0.1, 0.15) is 11.6 Å². The molecule has 0 spiro atoms. The van der Waals surface area contributed by atoms with Gasteiger partial charge in [0.2, 0.25) is 0 Å². The molecule has 0 aliphatic heterocycles. The summed E-state index contributed by atoms with van der Waals surface area (Å²) in [6.07, 6.45) is 1.88. The number of esters is 1. The smallest absolute Gasteiger partial charge is 0.312 e. The van der Waals surface area contributed by atoms with E-state index in [1.807, 2.05) is 18.2 Å². The van der Waals surface area contributed by atoms with Gasteiger partial charge in [-0.05, 0) is 24.3 Å². The van der Waals surface area contributed by atoms with Crippen LogP contribution in [0.25, 0.3) is 10.9 Å². The number of carbonyl (C=O) groups is 1. The highest BCUT2D eigenvalue weighted by molar-refractivity contribution is 5.81. The molecule has 0 saturated carbocycles. The maximum absolute atomic E-state index is 11.8. The number of nitrogens with zero attached hydrogens (tertiary/aromatic N) is 1. The summed E-state index contributed by atoms with van der Waals surface area (Å²) in [7, 11) is 0. The Bertz CT molecular complexity index is 839. The maximum atomic E-state index is 11.8. The Balaban J connectivity index is 1.55. The Labute approximate surface area is 125 Å². The molecule has 22 heavy (non-hydrogen) atoms. The number of hydrogen-bond donors (Lipinski definition) is 3. The minimum Gasteiger partial charge on any atom is -0.426 e. The number of H-pyrrole nitrogens is 2. The Morgan fingerprint density at radius 2 is 2.14 bits per heavy atom. The van der Waals surface area contributed by atoms with Crippen LogP contribution in [0, 0.1) is 0 Å². The zero-order chi connectivity index (χ0) is 15.4. The third-order valence-corrected chi connectivity index (χ3v) is 3.08. The zero-order valence-corrected chi connectivity index (χ0v) is 11.6. The zero-order valence-electron chi connectivity index (χ0n) is 11.6. The molecule has 0 saturated heterocycles. The van der Waals surface area contributed by atoms with Gasteiger partial charge in [0.05, 0.1) is 17.3 Å². The van der Waals surface area contributed by atoms with E-state index in [0.717, 1.165) is 0 Å². The van der Waals surface area contributed by atoms with Crippen LogP contribution in [-0.4, -0.2) is 27.7 Å². The molecule has 0 atom stereocenters. The van der Waals surface area contributed by atoms with Crippen LogP contribution in [0.5, 0.6) is 5.75 Å². The van der Waals surface area contributed by atoms with Crippen LogP contribution in [0.2, 0.25) is 0 Å². The molecule has 0 aliphatic rings. The van der Waals surface area contributed by atoms with Crippen LogP contribution < -0.4 is 15.6 Å². The number of rotatable bonds is 5. The van der Waals surface area contributed by atoms with E-state index in [2.05, 4.69) is 20.5 Å². The van der Waals surface area contributed by atoms with E-state index in [4.69, 9.17) is 4.74 Å². The van der Waals surface area contributed by atoms with Crippen molar-refractivity contribution in [2.45, 2.75) is 6.42 Å². The van der Waals surface area contributed by atoms with Crippen molar-refractivity contribution in [1.29, 1.82) is 0 Å². The molecule has 0 unspecified atom stereocenters. The number of benzene rings is 1. The van der Waals surface area contributed by atoms with Crippen LogP contribution in [0.3, 0.4) is 0 Å². The molecule has 0 bridgehead atoms. The standard InChI is InChI=1S/C15H14N4O3/c20-14(6-8-17-13-3-1-2-7-16-13)22-10-4-5-11-12(9-10)18-19-15(11)21/h1-5,7,9H,6,8H2,(H,16,17)(H2,18,19,21). The third kappa shape index (κ3) is 3.14. The lowest BCUT2D eigenvalue weighted by Gasteiger charge is -2.06. The molecule has 0 aliphatic carbocycles. The van der Waals surface area contributed by atoms with Crippen LogP contribution in [0.15, 0.2) is 47.4 Å². The predicted molar refractivity (Wildman–Crippen MR) is 81.9 cm³/mol. The fourth-order valence-electron chi connectivity index (χ4n) is 2.02. The van der Waals surface area contributed by atoms with Crippen LogP contribution >= 0.6 is 0 Å². The summed E-state index contributed by atoms with van der Waals surface area (Å²) in [5.74, 6) is 0.743. The summed E-state index contributed by atoms with van der Waals surface area (Å²) < 4.78 is 5.23. The molecular weight excluding hydrogens is 284 g/mol.